The predicted molar refractivity (Wildman–Crippen MR) is 89.8 cm³/mol. The van der Waals surface area contributed by atoms with Crippen LogP contribution in [0.25, 0.3) is 0 Å². The number of rotatable bonds is 13. The largest absolute Gasteiger partial charge is 0.381 e. The number of hydrogen-bond donors (Lipinski definition) is 0. The molecule has 0 spiro atoms. The molecule has 3 heteroatoms. The van der Waals surface area contributed by atoms with Crippen LogP contribution in [-0.4, -0.2) is 39.6 Å². The third kappa shape index (κ3) is 11.1. The van der Waals surface area contributed by atoms with E-state index in [1.165, 1.54) is 0 Å². The van der Waals surface area contributed by atoms with Gasteiger partial charge in [0.15, 0.2) is 0 Å². The molecule has 0 aliphatic carbocycles. The molecule has 0 bridgehead atoms. The molecule has 0 aromatic rings. The van der Waals surface area contributed by atoms with Gasteiger partial charge in [-0.2, -0.15) is 0 Å². The summed E-state index contributed by atoms with van der Waals surface area (Å²) in [5.41, 5.74) is 0.207. The molecule has 0 heterocycles. The highest BCUT2D eigenvalue weighted by molar-refractivity contribution is 4.84. The van der Waals surface area contributed by atoms with Crippen molar-refractivity contribution >= 4 is 0 Å². The van der Waals surface area contributed by atoms with Crippen LogP contribution in [0.15, 0.2) is 0 Å². The molecule has 0 fully saturated rings. The van der Waals surface area contributed by atoms with Crippen molar-refractivity contribution in [3.05, 3.63) is 0 Å². The Morgan fingerprint density at radius 2 is 0.952 bits per heavy atom. The molecule has 0 aromatic heterocycles. The third-order valence-electron chi connectivity index (χ3n) is 3.18. The van der Waals surface area contributed by atoms with E-state index in [1.54, 1.807) is 0 Å². The van der Waals surface area contributed by atoms with E-state index in [0.717, 1.165) is 65.3 Å². The average Bonchev–Trinajstić information content (AvgIpc) is 2.38. The Hall–Kier alpha value is -0.120. The summed E-state index contributed by atoms with van der Waals surface area (Å²) < 4.78 is 17.7. The summed E-state index contributed by atoms with van der Waals surface area (Å²) in [4.78, 5) is 0. The van der Waals surface area contributed by atoms with Gasteiger partial charge < -0.3 is 14.2 Å². The summed E-state index contributed by atoms with van der Waals surface area (Å²) in [6.45, 7) is 17.9. The van der Waals surface area contributed by atoms with Gasteiger partial charge in [-0.3, -0.25) is 0 Å². The van der Waals surface area contributed by atoms with Crippen LogP contribution in [0, 0.1) is 10.8 Å². The fraction of sp³-hybridized carbons (Fsp3) is 1.00. The molecule has 0 N–H and O–H groups in total. The van der Waals surface area contributed by atoms with Crippen molar-refractivity contribution in [1.29, 1.82) is 0 Å². The van der Waals surface area contributed by atoms with Gasteiger partial charge in [-0.15, -0.1) is 0 Å². The smallest absolute Gasteiger partial charge is 0.0566 e. The lowest BCUT2D eigenvalue weighted by atomic mass is 9.75. The normalized spacial score (nSPS) is 12.9. The van der Waals surface area contributed by atoms with Crippen molar-refractivity contribution in [2.24, 2.45) is 10.8 Å². The maximum atomic E-state index is 5.90. The highest BCUT2D eigenvalue weighted by Crippen LogP contribution is 2.35. The van der Waals surface area contributed by atoms with Gasteiger partial charge in [-0.1, -0.05) is 41.5 Å². The molecule has 0 radical (unpaired) electrons. The van der Waals surface area contributed by atoms with Crippen LogP contribution in [0.4, 0.5) is 0 Å². The van der Waals surface area contributed by atoms with E-state index in [1.807, 2.05) is 0 Å². The Bertz CT molecular complexity index is 207. The lowest BCUT2D eigenvalue weighted by Gasteiger charge is -2.38. The molecular weight excluding hydrogens is 264 g/mol. The average molecular weight is 302 g/mol. The first-order valence-corrected chi connectivity index (χ1v) is 8.62. The molecule has 0 aliphatic rings. The standard InChI is InChI=1S/C18H38O3/c1-7-10-19-14-18(13-17(4,5)6,15-20-11-8-2)16-21-12-9-3/h7-16H2,1-6H3. The van der Waals surface area contributed by atoms with Crippen LogP contribution in [-0.2, 0) is 14.2 Å². The Kier molecular flexibility index (Phi) is 11.4. The van der Waals surface area contributed by atoms with Crippen molar-refractivity contribution in [2.75, 3.05) is 39.6 Å². The molecule has 128 valence electrons. The number of hydrogen-bond acceptors (Lipinski definition) is 3. The lowest BCUT2D eigenvalue weighted by molar-refractivity contribution is -0.0865. The van der Waals surface area contributed by atoms with Gasteiger partial charge >= 0.3 is 0 Å². The number of ether oxygens (including phenoxy) is 3. The van der Waals surface area contributed by atoms with E-state index in [-0.39, 0.29) is 10.8 Å². The highest BCUT2D eigenvalue weighted by atomic mass is 16.5. The van der Waals surface area contributed by atoms with Gasteiger partial charge in [0, 0.05) is 25.2 Å². The monoisotopic (exact) mass is 302 g/mol. The second-order valence-corrected chi connectivity index (χ2v) is 7.40. The van der Waals surface area contributed by atoms with Gasteiger partial charge in [0.25, 0.3) is 0 Å². The molecule has 3 nitrogen and oxygen atoms in total. The summed E-state index contributed by atoms with van der Waals surface area (Å²) in [5, 5.41) is 0. The summed E-state index contributed by atoms with van der Waals surface area (Å²) >= 11 is 0. The minimum absolute atomic E-state index is 0.0300. The summed E-state index contributed by atoms with van der Waals surface area (Å²) in [7, 11) is 0. The van der Waals surface area contributed by atoms with Crippen LogP contribution in [0.1, 0.15) is 67.2 Å². The van der Waals surface area contributed by atoms with Crippen molar-refractivity contribution in [3.63, 3.8) is 0 Å². The van der Waals surface area contributed by atoms with Crippen molar-refractivity contribution in [2.45, 2.75) is 67.2 Å². The van der Waals surface area contributed by atoms with Crippen molar-refractivity contribution in [1.82, 2.24) is 0 Å². The van der Waals surface area contributed by atoms with Gasteiger partial charge in [0.1, 0.15) is 0 Å². The molecular formula is C18H38O3. The summed E-state index contributed by atoms with van der Waals surface area (Å²) in [6, 6.07) is 0. The van der Waals surface area contributed by atoms with Crippen LogP contribution >= 0.6 is 0 Å². The highest BCUT2D eigenvalue weighted by Gasteiger charge is 2.36. The predicted octanol–water partition coefficient (Wildman–Crippen LogP) is 4.69. The second kappa shape index (κ2) is 11.4. The van der Waals surface area contributed by atoms with Gasteiger partial charge in [-0.25, -0.2) is 0 Å². The molecule has 0 saturated carbocycles. The van der Waals surface area contributed by atoms with E-state index < -0.39 is 0 Å². The maximum Gasteiger partial charge on any atom is 0.0566 e. The Morgan fingerprint density at radius 3 is 1.19 bits per heavy atom. The van der Waals surface area contributed by atoms with Gasteiger partial charge in [0.05, 0.1) is 19.8 Å². The SMILES string of the molecule is CCCOCC(COCCC)(COCCC)CC(C)(C)C. The van der Waals surface area contributed by atoms with Crippen molar-refractivity contribution < 1.29 is 14.2 Å². The second-order valence-electron chi connectivity index (χ2n) is 7.40. The summed E-state index contributed by atoms with van der Waals surface area (Å²) in [5.74, 6) is 0. The molecule has 0 unspecified atom stereocenters. The van der Waals surface area contributed by atoms with E-state index in [2.05, 4.69) is 41.5 Å². The molecule has 21 heavy (non-hydrogen) atoms. The minimum Gasteiger partial charge on any atom is -0.381 e. The Labute approximate surface area is 132 Å². The van der Waals surface area contributed by atoms with E-state index >= 15 is 0 Å². The molecule has 0 amide bonds. The van der Waals surface area contributed by atoms with Crippen LogP contribution < -0.4 is 0 Å². The topological polar surface area (TPSA) is 27.7 Å². The molecule has 0 rings (SSSR count). The first-order valence-electron chi connectivity index (χ1n) is 8.62. The van der Waals surface area contributed by atoms with Gasteiger partial charge in [-0.05, 0) is 31.1 Å². The van der Waals surface area contributed by atoms with Crippen LogP contribution in [0.5, 0.6) is 0 Å². The fourth-order valence-electron chi connectivity index (χ4n) is 2.70. The van der Waals surface area contributed by atoms with E-state index in [0.29, 0.717) is 0 Å². The van der Waals surface area contributed by atoms with Crippen LogP contribution in [0.2, 0.25) is 0 Å². The molecule has 0 atom stereocenters. The van der Waals surface area contributed by atoms with E-state index in [9.17, 15) is 0 Å². The Balaban J connectivity index is 4.78. The Morgan fingerprint density at radius 1 is 0.619 bits per heavy atom. The molecule has 0 aromatic carbocycles. The zero-order valence-corrected chi connectivity index (χ0v) is 15.3. The zero-order chi connectivity index (χ0) is 16.2. The minimum atomic E-state index is -0.0300. The van der Waals surface area contributed by atoms with Crippen LogP contribution in [0.3, 0.4) is 0 Å². The third-order valence-corrected chi connectivity index (χ3v) is 3.18. The quantitative estimate of drug-likeness (QED) is 0.462. The summed E-state index contributed by atoms with van der Waals surface area (Å²) in [6.07, 6.45) is 4.21. The first kappa shape index (κ1) is 20.9. The molecule has 0 saturated heterocycles. The maximum absolute atomic E-state index is 5.90. The van der Waals surface area contributed by atoms with Gasteiger partial charge in [0.2, 0.25) is 0 Å². The first-order chi connectivity index (χ1) is 9.89. The van der Waals surface area contributed by atoms with E-state index in [4.69, 9.17) is 14.2 Å². The molecule has 0 aliphatic heterocycles. The lowest BCUT2D eigenvalue weighted by Crippen LogP contribution is -2.41. The van der Waals surface area contributed by atoms with Crippen molar-refractivity contribution in [3.8, 4) is 0 Å². The zero-order valence-electron chi connectivity index (χ0n) is 15.3. The fourth-order valence-corrected chi connectivity index (χ4v) is 2.70.